The standard InChI is InChI=1S/C36H34IN5O3/c1-23-19-29(33(38-20-23)41-21-36(22-41)15-17-45-18-16-36)34(43)39-28-13-9-26(10-14-28)35(44)42-24(2)32(25-7-11-27(37)12-8-25)40-30-5-3-4-6-31(30)42/h3-14,19-20,24H,15-18,21-22H2,1-2H3,(H,39,43)/t24-/m0/s1. The van der Waals surface area contributed by atoms with Crippen LogP contribution in [0.25, 0.3) is 0 Å². The molecule has 3 aliphatic heterocycles. The first-order valence-corrected chi connectivity index (χ1v) is 16.4. The summed E-state index contributed by atoms with van der Waals surface area (Å²) in [7, 11) is 0. The lowest BCUT2D eigenvalue weighted by atomic mass is 9.73. The van der Waals surface area contributed by atoms with E-state index in [-0.39, 0.29) is 23.3 Å². The number of nitrogens with zero attached hydrogens (tertiary/aromatic N) is 4. The number of hydrogen-bond donors (Lipinski definition) is 1. The largest absolute Gasteiger partial charge is 0.381 e. The summed E-state index contributed by atoms with van der Waals surface area (Å²) in [4.78, 5) is 41.2. The third-order valence-corrected chi connectivity index (χ3v) is 9.79. The Labute approximate surface area is 276 Å². The van der Waals surface area contributed by atoms with Crippen molar-refractivity contribution in [3.63, 3.8) is 0 Å². The Bertz CT molecular complexity index is 1790. The number of carbonyl (C=O) groups excluding carboxylic acids is 2. The van der Waals surface area contributed by atoms with Gasteiger partial charge in [-0.1, -0.05) is 24.3 Å². The minimum atomic E-state index is -0.277. The van der Waals surface area contributed by atoms with Gasteiger partial charge in [-0.15, -0.1) is 0 Å². The molecule has 45 heavy (non-hydrogen) atoms. The van der Waals surface area contributed by atoms with Crippen molar-refractivity contribution in [3.05, 3.63) is 111 Å². The maximum atomic E-state index is 14.0. The van der Waals surface area contributed by atoms with Crippen LogP contribution in [0.1, 0.15) is 51.6 Å². The highest BCUT2D eigenvalue weighted by molar-refractivity contribution is 14.1. The molecule has 4 heterocycles. The normalized spacial score (nSPS) is 18.6. The molecule has 0 radical (unpaired) electrons. The predicted molar refractivity (Wildman–Crippen MR) is 186 cm³/mol. The zero-order valence-corrected chi connectivity index (χ0v) is 27.5. The minimum absolute atomic E-state index is 0.129. The molecular weight excluding hydrogens is 677 g/mol. The number of aromatic nitrogens is 1. The molecule has 7 rings (SSSR count). The monoisotopic (exact) mass is 711 g/mol. The number of fused-ring (bicyclic) bond motifs is 1. The Morgan fingerprint density at radius 2 is 1.69 bits per heavy atom. The minimum Gasteiger partial charge on any atom is -0.381 e. The van der Waals surface area contributed by atoms with Gasteiger partial charge in [-0.3, -0.25) is 14.5 Å². The third-order valence-electron chi connectivity index (χ3n) is 9.07. The van der Waals surface area contributed by atoms with Crippen molar-refractivity contribution in [3.8, 4) is 0 Å². The number of rotatable bonds is 5. The molecule has 0 unspecified atom stereocenters. The van der Waals surface area contributed by atoms with E-state index >= 15 is 0 Å². The summed E-state index contributed by atoms with van der Waals surface area (Å²) >= 11 is 2.29. The summed E-state index contributed by atoms with van der Waals surface area (Å²) in [6.07, 6.45) is 3.91. The lowest BCUT2D eigenvalue weighted by molar-refractivity contribution is -0.000509. The van der Waals surface area contributed by atoms with Gasteiger partial charge in [-0.2, -0.15) is 0 Å². The molecule has 8 nitrogen and oxygen atoms in total. The summed E-state index contributed by atoms with van der Waals surface area (Å²) in [5.41, 5.74) is 6.24. The zero-order chi connectivity index (χ0) is 31.1. The second-order valence-corrected chi connectivity index (χ2v) is 13.5. The topological polar surface area (TPSA) is 87.1 Å². The Hall–Kier alpha value is -4.09. The van der Waals surface area contributed by atoms with Crippen LogP contribution < -0.4 is 15.1 Å². The number of para-hydroxylation sites is 2. The fourth-order valence-corrected chi connectivity index (χ4v) is 6.94. The molecule has 228 valence electrons. The van der Waals surface area contributed by atoms with Gasteiger partial charge in [0.2, 0.25) is 0 Å². The van der Waals surface area contributed by atoms with Crippen LogP contribution >= 0.6 is 22.6 Å². The van der Waals surface area contributed by atoms with E-state index < -0.39 is 0 Å². The molecule has 1 atom stereocenters. The van der Waals surface area contributed by atoms with Gasteiger partial charge in [-0.05, 0) is 115 Å². The Morgan fingerprint density at radius 3 is 2.42 bits per heavy atom. The molecular formula is C36H34IN5O3. The molecule has 2 saturated heterocycles. The molecule has 1 N–H and O–H groups in total. The molecule has 4 aromatic rings. The number of nitrogens with one attached hydrogen (secondary N) is 1. The number of benzene rings is 3. The molecule has 3 aliphatic rings. The number of pyridine rings is 1. The van der Waals surface area contributed by atoms with Gasteiger partial charge in [0, 0.05) is 52.7 Å². The first-order chi connectivity index (χ1) is 21.8. The van der Waals surface area contributed by atoms with Crippen molar-refractivity contribution < 1.29 is 14.3 Å². The molecule has 2 amide bonds. The zero-order valence-electron chi connectivity index (χ0n) is 25.3. The first kappa shape index (κ1) is 29.6. The number of aryl methyl sites for hydroxylation is 1. The number of halogens is 1. The maximum Gasteiger partial charge on any atom is 0.259 e. The van der Waals surface area contributed by atoms with E-state index in [9.17, 15) is 9.59 Å². The summed E-state index contributed by atoms with van der Waals surface area (Å²) in [6, 6.07) is 24.6. The van der Waals surface area contributed by atoms with E-state index in [1.165, 1.54) is 0 Å². The molecule has 1 aromatic heterocycles. The summed E-state index contributed by atoms with van der Waals surface area (Å²) in [6.45, 7) is 7.32. The Balaban J connectivity index is 1.09. The molecule has 0 saturated carbocycles. The van der Waals surface area contributed by atoms with E-state index in [1.807, 2.05) is 79.5 Å². The van der Waals surface area contributed by atoms with Gasteiger partial charge in [0.15, 0.2) is 0 Å². The predicted octanol–water partition coefficient (Wildman–Crippen LogP) is 7.03. The number of amides is 2. The van der Waals surface area contributed by atoms with Crippen LogP contribution in [0.4, 0.5) is 22.9 Å². The molecule has 1 spiro atoms. The fourth-order valence-electron chi connectivity index (χ4n) is 6.58. The average Bonchev–Trinajstić information content (AvgIpc) is 3.04. The van der Waals surface area contributed by atoms with Gasteiger partial charge in [0.25, 0.3) is 11.8 Å². The van der Waals surface area contributed by atoms with Crippen molar-refractivity contribution in [2.24, 2.45) is 10.4 Å². The Kier molecular flexibility index (Phi) is 7.91. The number of anilines is 3. The van der Waals surface area contributed by atoms with Crippen LogP contribution in [0.2, 0.25) is 0 Å². The van der Waals surface area contributed by atoms with Crippen molar-refractivity contribution in [2.45, 2.75) is 32.7 Å². The summed E-state index contributed by atoms with van der Waals surface area (Å²) in [5.74, 6) is 0.367. The lowest BCUT2D eigenvalue weighted by Crippen LogP contribution is -2.59. The second-order valence-electron chi connectivity index (χ2n) is 12.2. The van der Waals surface area contributed by atoms with Crippen LogP contribution in [-0.2, 0) is 4.74 Å². The molecule has 0 bridgehead atoms. The van der Waals surface area contributed by atoms with Crippen LogP contribution in [0.5, 0.6) is 0 Å². The highest BCUT2D eigenvalue weighted by atomic mass is 127. The molecule has 3 aromatic carbocycles. The number of aliphatic imine (C=N–C) groups is 1. The maximum absolute atomic E-state index is 14.0. The fraction of sp³-hybridized carbons (Fsp3) is 0.278. The van der Waals surface area contributed by atoms with Crippen molar-refractivity contribution in [1.82, 2.24) is 4.98 Å². The highest BCUT2D eigenvalue weighted by Crippen LogP contribution is 2.42. The highest BCUT2D eigenvalue weighted by Gasteiger charge is 2.45. The van der Waals surface area contributed by atoms with Crippen LogP contribution in [0, 0.1) is 15.9 Å². The molecule has 2 fully saturated rings. The SMILES string of the molecule is Cc1cnc(N2CC3(CCOCC3)C2)c(C(=O)Nc2ccc(C(=O)N3c4ccccc4N=C(c4ccc(I)cc4)[C@@H]3C)cc2)c1. The molecule has 0 aliphatic carbocycles. The van der Waals surface area contributed by atoms with Gasteiger partial charge in [-0.25, -0.2) is 9.98 Å². The van der Waals surface area contributed by atoms with E-state index in [4.69, 9.17) is 9.73 Å². The van der Waals surface area contributed by atoms with Crippen molar-refractivity contribution in [2.75, 3.05) is 41.4 Å². The lowest BCUT2D eigenvalue weighted by Gasteiger charge is -2.53. The van der Waals surface area contributed by atoms with Gasteiger partial charge in [0.05, 0.1) is 28.7 Å². The average molecular weight is 712 g/mol. The van der Waals surface area contributed by atoms with Crippen molar-refractivity contribution in [1.29, 1.82) is 0 Å². The van der Waals surface area contributed by atoms with Gasteiger partial charge >= 0.3 is 0 Å². The number of hydrogen-bond acceptors (Lipinski definition) is 6. The van der Waals surface area contributed by atoms with Crippen LogP contribution in [0.3, 0.4) is 0 Å². The van der Waals surface area contributed by atoms with Gasteiger partial charge < -0.3 is 15.0 Å². The Morgan fingerprint density at radius 1 is 0.978 bits per heavy atom. The summed E-state index contributed by atoms with van der Waals surface area (Å²) in [5, 5.41) is 3.03. The number of carbonyl (C=O) groups is 2. The van der Waals surface area contributed by atoms with Gasteiger partial charge in [0.1, 0.15) is 5.82 Å². The summed E-state index contributed by atoms with van der Waals surface area (Å²) < 4.78 is 6.70. The number of ether oxygens (including phenoxy) is 1. The van der Waals surface area contributed by atoms with Crippen LogP contribution in [-0.4, -0.2) is 54.9 Å². The van der Waals surface area contributed by atoms with Crippen LogP contribution in [0.15, 0.2) is 90.1 Å². The second kappa shape index (κ2) is 12.0. The first-order valence-electron chi connectivity index (χ1n) is 15.3. The van der Waals surface area contributed by atoms with Crippen molar-refractivity contribution >= 4 is 63.0 Å². The quantitative estimate of drug-likeness (QED) is 0.225. The van der Waals surface area contributed by atoms with E-state index in [0.717, 1.165) is 70.9 Å². The van der Waals surface area contributed by atoms with E-state index in [1.54, 1.807) is 24.3 Å². The smallest absolute Gasteiger partial charge is 0.259 e. The van der Waals surface area contributed by atoms with E-state index in [0.29, 0.717) is 22.6 Å². The third kappa shape index (κ3) is 5.75. The molecule has 9 heteroatoms. The van der Waals surface area contributed by atoms with E-state index in [2.05, 4.69) is 37.8 Å².